The number of nitrogens with one attached hydrogen (secondary N) is 2. The molecule has 7 nitrogen and oxygen atoms in total. The lowest BCUT2D eigenvalue weighted by molar-refractivity contribution is -0.135. The Morgan fingerprint density at radius 3 is 2.29 bits per heavy atom. The van der Waals surface area contributed by atoms with Crippen molar-refractivity contribution in [2.45, 2.75) is 50.8 Å². The first-order valence-electron chi connectivity index (χ1n) is 16.1. The molecule has 6 rings (SSSR count). The number of thiazole rings is 1. The summed E-state index contributed by atoms with van der Waals surface area (Å²) in [4.78, 5) is 32.7. The van der Waals surface area contributed by atoms with Gasteiger partial charge in [0.15, 0.2) is 5.13 Å². The van der Waals surface area contributed by atoms with Crippen LogP contribution in [0, 0.1) is 0 Å². The number of aromatic nitrogens is 1. The molecule has 252 valence electrons. The van der Waals surface area contributed by atoms with Crippen molar-refractivity contribution in [3.8, 4) is 22.4 Å². The van der Waals surface area contributed by atoms with Crippen LogP contribution in [0.25, 0.3) is 22.4 Å². The summed E-state index contributed by atoms with van der Waals surface area (Å²) < 4.78 is 27.9. The molecule has 2 amide bonds. The van der Waals surface area contributed by atoms with Crippen molar-refractivity contribution in [1.82, 2.24) is 15.2 Å². The molecule has 4 aromatic carbocycles. The average Bonchev–Trinajstić information content (AvgIpc) is 3.72. The molecule has 1 aromatic heterocycles. The summed E-state index contributed by atoms with van der Waals surface area (Å²) in [5.41, 5.74) is 5.82. The number of aliphatic hydroxyl groups excluding tert-OH is 1. The molecule has 5 aromatic rings. The normalized spacial score (nSPS) is 15.5. The van der Waals surface area contributed by atoms with Gasteiger partial charge in [0.2, 0.25) is 5.91 Å². The first-order chi connectivity index (χ1) is 23.4. The number of aliphatic hydroxyl groups is 1. The highest BCUT2D eigenvalue weighted by Crippen LogP contribution is 2.32. The number of amides is 2. The Morgan fingerprint density at radius 1 is 0.898 bits per heavy atom. The van der Waals surface area contributed by atoms with Crippen molar-refractivity contribution in [2.75, 3.05) is 18.4 Å². The van der Waals surface area contributed by atoms with Crippen LogP contribution in [0.1, 0.15) is 66.5 Å². The van der Waals surface area contributed by atoms with Crippen LogP contribution in [0.3, 0.4) is 0 Å². The number of rotatable bonds is 9. The number of likely N-dealkylation sites (tertiary alicyclic amines) is 1. The van der Waals surface area contributed by atoms with Crippen LogP contribution < -0.4 is 10.6 Å². The van der Waals surface area contributed by atoms with Crippen LogP contribution in [0.15, 0.2) is 109 Å². The quantitative estimate of drug-likeness (QED) is 0.137. The van der Waals surface area contributed by atoms with E-state index in [0.29, 0.717) is 33.1 Å². The van der Waals surface area contributed by atoms with Gasteiger partial charge in [0.05, 0.1) is 12.2 Å². The van der Waals surface area contributed by atoms with E-state index in [-0.39, 0.29) is 24.3 Å². The molecule has 49 heavy (non-hydrogen) atoms. The van der Waals surface area contributed by atoms with Crippen molar-refractivity contribution in [3.63, 3.8) is 0 Å². The topological polar surface area (TPSA) is 94.6 Å². The van der Waals surface area contributed by atoms with Gasteiger partial charge in [-0.3, -0.25) is 20.2 Å². The van der Waals surface area contributed by atoms with Gasteiger partial charge in [0.25, 0.3) is 11.8 Å². The predicted molar refractivity (Wildman–Crippen MR) is 190 cm³/mol. The maximum Gasteiger partial charge on any atom is 0.267 e. The third-order valence-corrected chi connectivity index (χ3v) is 9.40. The zero-order valence-electron chi connectivity index (χ0n) is 27.5. The second-order valence-electron chi connectivity index (χ2n) is 13.3. The fraction of sp³-hybridized carbons (Fsp3) is 0.256. The number of alkyl halides is 2. The van der Waals surface area contributed by atoms with Gasteiger partial charge in [-0.25, -0.2) is 13.8 Å². The van der Waals surface area contributed by atoms with E-state index in [1.165, 1.54) is 16.9 Å². The van der Waals surface area contributed by atoms with E-state index in [1.807, 2.05) is 41.8 Å². The number of anilines is 1. The van der Waals surface area contributed by atoms with E-state index in [0.717, 1.165) is 16.0 Å². The maximum absolute atomic E-state index is 14.0. The molecule has 0 bridgehead atoms. The van der Waals surface area contributed by atoms with Crippen molar-refractivity contribution in [3.05, 3.63) is 131 Å². The molecular formula is C39H38F2N4O3S. The molecule has 0 aliphatic carbocycles. The molecule has 0 radical (unpaired) electrons. The maximum atomic E-state index is 14.0. The third-order valence-electron chi connectivity index (χ3n) is 8.64. The molecule has 1 aliphatic rings. The van der Waals surface area contributed by atoms with Crippen LogP contribution >= 0.6 is 11.3 Å². The summed E-state index contributed by atoms with van der Waals surface area (Å²) in [6.45, 7) is 5.78. The summed E-state index contributed by atoms with van der Waals surface area (Å²) in [7, 11) is 0. The van der Waals surface area contributed by atoms with Crippen molar-refractivity contribution in [1.29, 1.82) is 0 Å². The molecule has 1 unspecified atom stereocenters. The van der Waals surface area contributed by atoms with Crippen molar-refractivity contribution >= 4 is 28.3 Å². The predicted octanol–water partition coefficient (Wildman–Crippen LogP) is 8.22. The van der Waals surface area contributed by atoms with E-state index in [2.05, 4.69) is 48.5 Å². The third kappa shape index (κ3) is 7.94. The Labute approximate surface area is 288 Å². The van der Waals surface area contributed by atoms with E-state index in [1.54, 1.807) is 54.6 Å². The Bertz CT molecular complexity index is 1940. The van der Waals surface area contributed by atoms with Crippen LogP contribution in [0.2, 0.25) is 0 Å². The highest BCUT2D eigenvalue weighted by Gasteiger charge is 2.42. The summed E-state index contributed by atoms with van der Waals surface area (Å²) in [6, 6.07) is 30.5. The lowest BCUT2D eigenvalue weighted by atomic mass is 9.86. The van der Waals surface area contributed by atoms with E-state index in [4.69, 9.17) is 0 Å². The second-order valence-corrected chi connectivity index (χ2v) is 14.1. The molecule has 2 atom stereocenters. The minimum atomic E-state index is -2.93. The number of nitrogens with zero attached hydrogens (tertiary/aromatic N) is 2. The van der Waals surface area contributed by atoms with Gasteiger partial charge in [0, 0.05) is 29.5 Å². The highest BCUT2D eigenvalue weighted by molar-refractivity contribution is 7.14. The Morgan fingerprint density at radius 2 is 1.59 bits per heavy atom. The number of benzene rings is 4. The van der Waals surface area contributed by atoms with Gasteiger partial charge in [-0.2, -0.15) is 0 Å². The van der Waals surface area contributed by atoms with Crippen LogP contribution in [-0.2, 0) is 10.2 Å². The molecule has 1 saturated heterocycles. The first-order valence-corrected chi connectivity index (χ1v) is 17.0. The highest BCUT2D eigenvalue weighted by atomic mass is 32.1. The molecule has 2 heterocycles. The number of hydrogen-bond acceptors (Lipinski definition) is 6. The van der Waals surface area contributed by atoms with Crippen molar-refractivity contribution in [2.24, 2.45) is 0 Å². The lowest BCUT2D eigenvalue weighted by Gasteiger charge is -2.27. The smallest absolute Gasteiger partial charge is 0.267 e. The Balaban J connectivity index is 1.17. The Kier molecular flexibility index (Phi) is 9.74. The SMILES string of the molecule is CC(C)(C)c1ccc(-c2ccccc2C(=O)Nc2nc(-c3cccc(C(O)N[C@H](C(=O)N4CCC(F)(F)C4)c4ccccc4)c3)cs2)cc1. The zero-order chi connectivity index (χ0) is 34.8. The molecule has 0 saturated carbocycles. The fourth-order valence-corrected chi connectivity index (χ4v) is 6.61. The van der Waals surface area contributed by atoms with Gasteiger partial charge < -0.3 is 10.0 Å². The molecule has 3 N–H and O–H groups in total. The van der Waals surface area contributed by atoms with Crippen LogP contribution in [0.5, 0.6) is 0 Å². The van der Waals surface area contributed by atoms with Crippen molar-refractivity contribution < 1.29 is 23.5 Å². The largest absolute Gasteiger partial charge is 0.374 e. The standard InChI is InChI=1S/C39H38F2N4O3S/c1-38(2,3)29-18-16-25(17-19-29)30-14-7-8-15-31(30)35(47)44-37-42-32(23-49-37)27-12-9-13-28(22-27)34(46)43-33(26-10-5-4-6-11-26)36(48)45-21-20-39(40,41)24-45/h4-19,22-23,33-34,43,46H,20-21,24H2,1-3H3,(H,42,44,47)/t33-,34?/m0/s1. The number of carbonyl (C=O) groups excluding carboxylic acids is 2. The van der Waals surface area contributed by atoms with Gasteiger partial charge >= 0.3 is 0 Å². The van der Waals surface area contributed by atoms with E-state index >= 15 is 0 Å². The van der Waals surface area contributed by atoms with Gasteiger partial charge in [-0.05, 0) is 45.4 Å². The molecule has 0 spiro atoms. The molecule has 1 aliphatic heterocycles. The molecular weight excluding hydrogens is 643 g/mol. The molecule has 1 fully saturated rings. The zero-order valence-corrected chi connectivity index (χ0v) is 28.3. The second kappa shape index (κ2) is 14.0. The van der Waals surface area contributed by atoms with Gasteiger partial charge in [0.1, 0.15) is 12.3 Å². The van der Waals surface area contributed by atoms with Crippen LogP contribution in [-0.4, -0.2) is 45.8 Å². The average molecular weight is 681 g/mol. The van der Waals surface area contributed by atoms with E-state index in [9.17, 15) is 23.5 Å². The minimum absolute atomic E-state index is 0.0197. The number of halogens is 2. The summed E-state index contributed by atoms with van der Waals surface area (Å²) in [5, 5.41) is 19.4. The summed E-state index contributed by atoms with van der Waals surface area (Å²) in [6.07, 6.45) is -1.68. The minimum Gasteiger partial charge on any atom is -0.374 e. The summed E-state index contributed by atoms with van der Waals surface area (Å²) in [5.74, 6) is -3.74. The van der Waals surface area contributed by atoms with Gasteiger partial charge in [-0.1, -0.05) is 112 Å². The number of hydrogen-bond donors (Lipinski definition) is 3. The molecule has 10 heteroatoms. The Hall–Kier alpha value is -4.77. The van der Waals surface area contributed by atoms with Gasteiger partial charge in [-0.15, -0.1) is 11.3 Å². The fourth-order valence-electron chi connectivity index (χ4n) is 5.90. The lowest BCUT2D eigenvalue weighted by Crippen LogP contribution is -2.42. The first kappa shape index (κ1) is 34.1. The van der Waals surface area contributed by atoms with E-state index < -0.39 is 30.6 Å². The summed E-state index contributed by atoms with van der Waals surface area (Å²) >= 11 is 1.28. The van der Waals surface area contributed by atoms with Crippen LogP contribution in [0.4, 0.5) is 13.9 Å². The number of carbonyl (C=O) groups is 2. The monoisotopic (exact) mass is 680 g/mol.